The molecule has 1 aromatic carbocycles. The van der Waals surface area contributed by atoms with Crippen molar-refractivity contribution in [3.05, 3.63) is 35.9 Å². The second kappa shape index (κ2) is 10.1. The number of ether oxygens (including phenoxy) is 1. The van der Waals surface area contributed by atoms with Crippen molar-refractivity contribution < 1.29 is 9.53 Å². The summed E-state index contributed by atoms with van der Waals surface area (Å²) in [4.78, 5) is 16.3. The van der Waals surface area contributed by atoms with Crippen molar-refractivity contribution in [2.45, 2.75) is 12.8 Å². The monoisotopic (exact) mass is 331 g/mol. The minimum Gasteiger partial charge on any atom is -0.379 e. The molecule has 0 bridgehead atoms. The molecule has 1 amide bonds. The molecule has 5 nitrogen and oxygen atoms in total. The molecule has 1 saturated heterocycles. The van der Waals surface area contributed by atoms with Crippen LogP contribution in [0.25, 0.3) is 6.08 Å². The SMILES string of the molecule is CN(C)c1ccc(/C=C/C(=O)NCCCCN2CCOCC2)cc1. The maximum absolute atomic E-state index is 11.8. The number of hydrogen-bond donors (Lipinski definition) is 1. The summed E-state index contributed by atoms with van der Waals surface area (Å²) in [5.74, 6) is -0.0296. The summed E-state index contributed by atoms with van der Waals surface area (Å²) < 4.78 is 5.33. The van der Waals surface area contributed by atoms with Crippen LogP contribution in [0.1, 0.15) is 18.4 Å². The second-order valence-electron chi connectivity index (χ2n) is 6.27. The van der Waals surface area contributed by atoms with Gasteiger partial charge in [-0.25, -0.2) is 0 Å². The van der Waals surface area contributed by atoms with E-state index in [0.29, 0.717) is 0 Å². The van der Waals surface area contributed by atoms with E-state index < -0.39 is 0 Å². The topological polar surface area (TPSA) is 44.8 Å². The molecule has 0 radical (unpaired) electrons. The third-order valence-electron chi connectivity index (χ3n) is 4.14. The number of rotatable bonds is 8. The van der Waals surface area contributed by atoms with Crippen LogP contribution in [-0.2, 0) is 9.53 Å². The largest absolute Gasteiger partial charge is 0.379 e. The van der Waals surface area contributed by atoms with Crippen molar-refractivity contribution in [3.63, 3.8) is 0 Å². The minimum atomic E-state index is -0.0296. The second-order valence-corrected chi connectivity index (χ2v) is 6.27. The van der Waals surface area contributed by atoms with Gasteiger partial charge in [-0.05, 0) is 43.2 Å². The maximum Gasteiger partial charge on any atom is 0.243 e. The molecular formula is C19H29N3O2. The third kappa shape index (κ3) is 6.72. The molecule has 0 aromatic heterocycles. The number of morpholine rings is 1. The van der Waals surface area contributed by atoms with Crippen LogP contribution in [0.3, 0.4) is 0 Å². The number of carbonyl (C=O) groups excluding carboxylic acids is 1. The van der Waals surface area contributed by atoms with Crippen LogP contribution < -0.4 is 10.2 Å². The molecule has 2 rings (SSSR count). The molecule has 0 atom stereocenters. The average Bonchev–Trinajstić information content (AvgIpc) is 2.61. The van der Waals surface area contributed by atoms with Crippen LogP contribution >= 0.6 is 0 Å². The first-order chi connectivity index (χ1) is 11.6. The molecule has 1 aliphatic heterocycles. The highest BCUT2D eigenvalue weighted by molar-refractivity contribution is 5.91. The predicted molar refractivity (Wildman–Crippen MR) is 99.3 cm³/mol. The molecule has 1 N–H and O–H groups in total. The van der Waals surface area contributed by atoms with Gasteiger partial charge in [0.1, 0.15) is 0 Å². The summed E-state index contributed by atoms with van der Waals surface area (Å²) in [6.45, 7) is 5.57. The minimum absolute atomic E-state index is 0.0296. The molecule has 5 heteroatoms. The van der Waals surface area contributed by atoms with Gasteiger partial charge in [-0.1, -0.05) is 12.1 Å². The lowest BCUT2D eigenvalue weighted by molar-refractivity contribution is -0.116. The van der Waals surface area contributed by atoms with Gasteiger partial charge in [0.25, 0.3) is 0 Å². The van der Waals surface area contributed by atoms with E-state index >= 15 is 0 Å². The number of nitrogens with one attached hydrogen (secondary N) is 1. The van der Waals surface area contributed by atoms with Gasteiger partial charge in [0.05, 0.1) is 13.2 Å². The molecule has 1 aliphatic rings. The van der Waals surface area contributed by atoms with Gasteiger partial charge in [-0.15, -0.1) is 0 Å². The summed E-state index contributed by atoms with van der Waals surface area (Å²) in [5.41, 5.74) is 2.18. The predicted octanol–water partition coefficient (Wildman–Crippen LogP) is 1.99. The molecule has 0 aliphatic carbocycles. The molecule has 132 valence electrons. The summed E-state index contributed by atoms with van der Waals surface area (Å²) in [5, 5.41) is 2.94. The fourth-order valence-corrected chi connectivity index (χ4v) is 2.61. The van der Waals surface area contributed by atoms with E-state index in [-0.39, 0.29) is 5.91 Å². The summed E-state index contributed by atoms with van der Waals surface area (Å²) in [6.07, 6.45) is 5.57. The molecule has 1 heterocycles. The van der Waals surface area contributed by atoms with Crippen molar-refractivity contribution in [2.24, 2.45) is 0 Å². The van der Waals surface area contributed by atoms with Gasteiger partial charge in [-0.3, -0.25) is 9.69 Å². The number of hydrogen-bond acceptors (Lipinski definition) is 4. The molecule has 0 unspecified atom stereocenters. The Morgan fingerprint density at radius 1 is 1.21 bits per heavy atom. The fraction of sp³-hybridized carbons (Fsp3) is 0.526. The molecule has 0 spiro atoms. The zero-order valence-corrected chi connectivity index (χ0v) is 14.8. The summed E-state index contributed by atoms with van der Waals surface area (Å²) in [7, 11) is 4.02. The van der Waals surface area contributed by atoms with E-state index in [1.165, 1.54) is 0 Å². The van der Waals surface area contributed by atoms with E-state index in [9.17, 15) is 4.79 Å². The highest BCUT2D eigenvalue weighted by Gasteiger charge is 2.08. The number of amides is 1. The Hall–Kier alpha value is -1.85. The van der Waals surface area contributed by atoms with E-state index in [1.54, 1.807) is 6.08 Å². The van der Waals surface area contributed by atoms with Gasteiger partial charge < -0.3 is 15.0 Å². The van der Waals surface area contributed by atoms with Gasteiger partial charge in [0, 0.05) is 45.5 Å². The lowest BCUT2D eigenvalue weighted by atomic mass is 10.2. The third-order valence-corrected chi connectivity index (χ3v) is 4.14. The smallest absolute Gasteiger partial charge is 0.243 e. The molecule has 24 heavy (non-hydrogen) atoms. The van der Waals surface area contributed by atoms with Crippen molar-refractivity contribution in [1.29, 1.82) is 0 Å². The number of nitrogens with zero attached hydrogens (tertiary/aromatic N) is 2. The molecule has 0 saturated carbocycles. The number of carbonyl (C=O) groups is 1. The van der Waals surface area contributed by atoms with Crippen LogP contribution in [0.15, 0.2) is 30.3 Å². The van der Waals surface area contributed by atoms with Crippen molar-refractivity contribution in [2.75, 3.05) is 58.4 Å². The van der Waals surface area contributed by atoms with Gasteiger partial charge >= 0.3 is 0 Å². The number of benzene rings is 1. The number of anilines is 1. The van der Waals surface area contributed by atoms with Crippen molar-refractivity contribution in [1.82, 2.24) is 10.2 Å². The Morgan fingerprint density at radius 3 is 2.58 bits per heavy atom. The van der Waals surface area contributed by atoms with Crippen LogP contribution in [0.2, 0.25) is 0 Å². The Labute approximate surface area is 145 Å². The highest BCUT2D eigenvalue weighted by Crippen LogP contribution is 2.13. The van der Waals surface area contributed by atoms with Crippen LogP contribution in [0, 0.1) is 0 Å². The standard InChI is InChI=1S/C19H29N3O2/c1-21(2)18-8-5-17(6-9-18)7-10-19(23)20-11-3-4-12-22-13-15-24-16-14-22/h5-10H,3-4,11-16H2,1-2H3,(H,20,23)/b10-7+. The molecular weight excluding hydrogens is 302 g/mol. The average molecular weight is 331 g/mol. The molecule has 1 aromatic rings. The Balaban J connectivity index is 1.60. The zero-order chi connectivity index (χ0) is 17.2. The first-order valence-electron chi connectivity index (χ1n) is 8.68. The van der Waals surface area contributed by atoms with Crippen molar-refractivity contribution >= 4 is 17.7 Å². The van der Waals surface area contributed by atoms with Gasteiger partial charge in [0.15, 0.2) is 0 Å². The Morgan fingerprint density at radius 2 is 1.92 bits per heavy atom. The fourth-order valence-electron chi connectivity index (χ4n) is 2.61. The summed E-state index contributed by atoms with van der Waals surface area (Å²) in [6, 6.07) is 8.12. The van der Waals surface area contributed by atoms with E-state index in [1.807, 2.05) is 44.4 Å². The van der Waals surface area contributed by atoms with Gasteiger partial charge in [0.2, 0.25) is 5.91 Å². The quantitative estimate of drug-likeness (QED) is 0.584. The Kier molecular flexibility index (Phi) is 7.79. The van der Waals surface area contributed by atoms with E-state index in [4.69, 9.17) is 4.74 Å². The van der Waals surface area contributed by atoms with Crippen LogP contribution in [0.4, 0.5) is 5.69 Å². The van der Waals surface area contributed by atoms with Crippen LogP contribution in [-0.4, -0.2) is 64.3 Å². The van der Waals surface area contributed by atoms with E-state index in [2.05, 4.69) is 15.1 Å². The maximum atomic E-state index is 11.8. The zero-order valence-electron chi connectivity index (χ0n) is 14.8. The van der Waals surface area contributed by atoms with E-state index in [0.717, 1.165) is 63.5 Å². The number of unbranched alkanes of at least 4 members (excludes halogenated alkanes) is 1. The van der Waals surface area contributed by atoms with Crippen molar-refractivity contribution in [3.8, 4) is 0 Å². The Bertz CT molecular complexity index is 520. The normalized spacial score (nSPS) is 15.6. The lowest BCUT2D eigenvalue weighted by Gasteiger charge is -2.26. The highest BCUT2D eigenvalue weighted by atomic mass is 16.5. The molecule has 1 fully saturated rings. The van der Waals surface area contributed by atoms with Gasteiger partial charge in [-0.2, -0.15) is 0 Å². The summed E-state index contributed by atoms with van der Waals surface area (Å²) >= 11 is 0. The first-order valence-corrected chi connectivity index (χ1v) is 8.68. The lowest BCUT2D eigenvalue weighted by Crippen LogP contribution is -2.37. The first kappa shape index (κ1) is 18.5. The van der Waals surface area contributed by atoms with Crippen LogP contribution in [0.5, 0.6) is 0 Å².